The zero-order chi connectivity index (χ0) is 15.4. The summed E-state index contributed by atoms with van der Waals surface area (Å²) in [6, 6.07) is 10.1. The van der Waals surface area contributed by atoms with Crippen molar-refractivity contribution in [2.45, 2.75) is 56.8 Å². The molecule has 5 rings (SSSR count). The van der Waals surface area contributed by atoms with Gasteiger partial charge in [0.05, 0.1) is 11.7 Å². The third-order valence-electron chi connectivity index (χ3n) is 5.91. The summed E-state index contributed by atoms with van der Waals surface area (Å²) in [5.74, 6) is 0.808. The number of benzene rings is 1. The fourth-order valence-electron chi connectivity index (χ4n) is 4.70. The normalized spacial score (nSPS) is 36.4. The van der Waals surface area contributed by atoms with E-state index in [1.54, 1.807) is 0 Å². The van der Waals surface area contributed by atoms with E-state index >= 15 is 0 Å². The van der Waals surface area contributed by atoms with Crippen LogP contribution in [0.5, 0.6) is 0 Å². The predicted molar refractivity (Wildman–Crippen MR) is 86.6 cm³/mol. The second-order valence-electron chi connectivity index (χ2n) is 7.39. The van der Waals surface area contributed by atoms with Crippen LogP contribution in [0.25, 0.3) is 5.57 Å². The molecule has 4 atom stereocenters. The second-order valence-corrected chi connectivity index (χ2v) is 7.39. The second kappa shape index (κ2) is 5.20. The largest absolute Gasteiger partial charge is 0.451 e. The molecule has 0 radical (unpaired) electrons. The number of hydrogen-bond donors (Lipinski definition) is 0. The topological polar surface area (TPSA) is 35.5 Å². The van der Waals surface area contributed by atoms with Crippen molar-refractivity contribution in [3.63, 3.8) is 0 Å². The maximum atomic E-state index is 12.7. The molecule has 0 aromatic heterocycles. The number of fused-ring (bicyclic) bond motifs is 3. The van der Waals surface area contributed by atoms with Gasteiger partial charge in [0, 0.05) is 5.92 Å². The number of hydrogen-bond acceptors (Lipinski definition) is 3. The van der Waals surface area contributed by atoms with Crippen molar-refractivity contribution >= 4 is 11.5 Å². The Hall–Kier alpha value is -1.61. The van der Waals surface area contributed by atoms with E-state index in [0.717, 1.165) is 24.0 Å². The molecule has 1 aromatic rings. The Morgan fingerprint density at radius 2 is 1.74 bits per heavy atom. The van der Waals surface area contributed by atoms with Crippen LogP contribution in [-0.2, 0) is 14.3 Å². The zero-order valence-electron chi connectivity index (χ0n) is 13.2. The van der Waals surface area contributed by atoms with E-state index in [1.807, 2.05) is 30.3 Å². The smallest absolute Gasteiger partial charge is 0.339 e. The molecule has 3 heteroatoms. The molecular formula is C20H22O3. The highest BCUT2D eigenvalue weighted by atomic mass is 16.6. The lowest BCUT2D eigenvalue weighted by Crippen LogP contribution is -2.48. The molecule has 120 valence electrons. The van der Waals surface area contributed by atoms with E-state index in [1.165, 1.54) is 31.3 Å². The molecule has 0 N–H and O–H groups in total. The van der Waals surface area contributed by atoms with Crippen molar-refractivity contribution in [2.75, 3.05) is 0 Å². The van der Waals surface area contributed by atoms with E-state index in [-0.39, 0.29) is 24.3 Å². The number of carbonyl (C=O) groups is 1. The van der Waals surface area contributed by atoms with Crippen LogP contribution in [0.4, 0.5) is 0 Å². The SMILES string of the molecule is O=C1O[C@H]2C(=C1c1ccccc1)[C@H]1CCCC[C@@H]1O[C@@H]2C1CC1. The van der Waals surface area contributed by atoms with Gasteiger partial charge >= 0.3 is 5.97 Å². The first-order chi connectivity index (χ1) is 11.3. The summed E-state index contributed by atoms with van der Waals surface area (Å²) < 4.78 is 12.3. The molecule has 2 saturated carbocycles. The molecule has 3 nitrogen and oxygen atoms in total. The van der Waals surface area contributed by atoms with E-state index in [2.05, 4.69) is 0 Å². The van der Waals surface area contributed by atoms with Gasteiger partial charge in [0.15, 0.2) is 6.10 Å². The molecule has 0 unspecified atom stereocenters. The minimum absolute atomic E-state index is 0.0921. The molecule has 0 amide bonds. The summed E-state index contributed by atoms with van der Waals surface area (Å²) in [4.78, 5) is 12.7. The first-order valence-electron chi connectivity index (χ1n) is 8.99. The molecule has 4 aliphatic rings. The van der Waals surface area contributed by atoms with Crippen molar-refractivity contribution in [3.8, 4) is 0 Å². The number of carbonyl (C=O) groups excluding carboxylic acids is 1. The average molecular weight is 310 g/mol. The first kappa shape index (κ1) is 13.8. The maximum Gasteiger partial charge on any atom is 0.339 e. The summed E-state index contributed by atoms with van der Waals surface area (Å²) in [5.41, 5.74) is 3.10. The Labute approximate surface area is 136 Å². The fourth-order valence-corrected chi connectivity index (χ4v) is 4.70. The monoisotopic (exact) mass is 310 g/mol. The third kappa shape index (κ3) is 2.17. The van der Waals surface area contributed by atoms with Gasteiger partial charge in [-0.1, -0.05) is 43.2 Å². The van der Waals surface area contributed by atoms with Crippen molar-refractivity contribution in [3.05, 3.63) is 41.5 Å². The van der Waals surface area contributed by atoms with Crippen LogP contribution in [0.1, 0.15) is 44.1 Å². The van der Waals surface area contributed by atoms with E-state index < -0.39 is 0 Å². The lowest BCUT2D eigenvalue weighted by molar-refractivity contribution is -0.162. The van der Waals surface area contributed by atoms with Crippen molar-refractivity contribution < 1.29 is 14.3 Å². The van der Waals surface area contributed by atoms with Crippen molar-refractivity contribution in [1.29, 1.82) is 0 Å². The quantitative estimate of drug-likeness (QED) is 0.781. The Balaban J connectivity index is 1.64. The molecule has 23 heavy (non-hydrogen) atoms. The molecular weight excluding hydrogens is 288 g/mol. The van der Waals surface area contributed by atoms with Crippen LogP contribution in [0.3, 0.4) is 0 Å². The summed E-state index contributed by atoms with van der Waals surface area (Å²) in [7, 11) is 0. The molecule has 0 spiro atoms. The minimum atomic E-state index is -0.142. The number of ether oxygens (including phenoxy) is 2. The average Bonchev–Trinajstić information content (AvgIpc) is 3.37. The molecule has 2 aliphatic heterocycles. The molecule has 2 aliphatic carbocycles. The highest BCUT2D eigenvalue weighted by molar-refractivity contribution is 6.20. The predicted octanol–water partition coefficient (Wildman–Crippen LogP) is 3.73. The molecule has 3 fully saturated rings. The van der Waals surface area contributed by atoms with Crippen LogP contribution < -0.4 is 0 Å². The zero-order valence-corrected chi connectivity index (χ0v) is 13.2. The van der Waals surface area contributed by atoms with Gasteiger partial charge in [-0.2, -0.15) is 0 Å². The molecule has 1 aromatic carbocycles. The lowest BCUT2D eigenvalue weighted by atomic mass is 9.74. The summed E-state index contributed by atoms with van der Waals surface area (Å²) in [6.45, 7) is 0. The van der Waals surface area contributed by atoms with Gasteiger partial charge in [-0.05, 0) is 42.7 Å². The fraction of sp³-hybridized carbons (Fsp3) is 0.550. The van der Waals surface area contributed by atoms with Gasteiger partial charge in [-0.15, -0.1) is 0 Å². The lowest BCUT2D eigenvalue weighted by Gasteiger charge is -2.43. The van der Waals surface area contributed by atoms with Gasteiger partial charge < -0.3 is 9.47 Å². The van der Waals surface area contributed by atoms with Crippen LogP contribution in [-0.4, -0.2) is 24.3 Å². The highest BCUT2D eigenvalue weighted by Crippen LogP contribution is 2.51. The highest BCUT2D eigenvalue weighted by Gasteiger charge is 2.54. The number of rotatable bonds is 2. The Morgan fingerprint density at radius 3 is 2.52 bits per heavy atom. The Morgan fingerprint density at radius 1 is 0.957 bits per heavy atom. The van der Waals surface area contributed by atoms with E-state index in [9.17, 15) is 4.79 Å². The first-order valence-corrected chi connectivity index (χ1v) is 8.99. The summed E-state index contributed by atoms with van der Waals surface area (Å²) in [5, 5.41) is 0. The molecule has 1 saturated heterocycles. The van der Waals surface area contributed by atoms with E-state index in [4.69, 9.17) is 9.47 Å². The maximum absolute atomic E-state index is 12.7. The Bertz CT molecular complexity index is 659. The van der Waals surface area contributed by atoms with Crippen LogP contribution >= 0.6 is 0 Å². The summed E-state index contributed by atoms with van der Waals surface area (Å²) in [6.07, 6.45) is 7.39. The van der Waals surface area contributed by atoms with Crippen molar-refractivity contribution in [1.82, 2.24) is 0 Å². The number of esters is 1. The standard InChI is InChI=1S/C20H22O3/c21-20-16(12-6-2-1-3-7-12)17-14-8-4-5-9-15(14)22-18(13-10-11-13)19(17)23-20/h1-3,6-7,13-15,18-19H,4-5,8-11H2/t14-,15-,18+,19-/m0/s1. The van der Waals surface area contributed by atoms with Gasteiger partial charge in [0.1, 0.15) is 6.10 Å². The minimum Gasteiger partial charge on any atom is -0.451 e. The van der Waals surface area contributed by atoms with Gasteiger partial charge in [0.2, 0.25) is 0 Å². The Kier molecular flexibility index (Phi) is 3.12. The van der Waals surface area contributed by atoms with Crippen LogP contribution in [0.2, 0.25) is 0 Å². The third-order valence-corrected chi connectivity index (χ3v) is 5.91. The van der Waals surface area contributed by atoms with Gasteiger partial charge in [-0.25, -0.2) is 4.79 Å². The molecule has 2 heterocycles. The van der Waals surface area contributed by atoms with Crippen LogP contribution in [0.15, 0.2) is 35.9 Å². The molecule has 0 bridgehead atoms. The van der Waals surface area contributed by atoms with Gasteiger partial charge in [-0.3, -0.25) is 0 Å². The van der Waals surface area contributed by atoms with E-state index in [0.29, 0.717) is 11.8 Å². The summed E-state index contributed by atoms with van der Waals surface area (Å²) >= 11 is 0. The van der Waals surface area contributed by atoms with Crippen molar-refractivity contribution in [2.24, 2.45) is 11.8 Å². The van der Waals surface area contributed by atoms with Gasteiger partial charge in [0.25, 0.3) is 0 Å². The van der Waals surface area contributed by atoms with Crippen LogP contribution in [0, 0.1) is 11.8 Å².